The van der Waals surface area contributed by atoms with E-state index in [1.165, 1.54) is 13.3 Å². The number of nitrogens with one attached hydrogen (secondary N) is 2. The Morgan fingerprint density at radius 2 is 1.95 bits per heavy atom. The number of aromatic nitrogens is 3. The monoisotopic (exact) mass is 529 g/mol. The summed E-state index contributed by atoms with van der Waals surface area (Å²) in [6.45, 7) is 7.85. The van der Waals surface area contributed by atoms with Crippen LogP contribution in [0.5, 0.6) is 11.5 Å². The van der Waals surface area contributed by atoms with Crippen LogP contribution in [0.25, 0.3) is 10.9 Å². The molecule has 1 aliphatic heterocycles. The summed E-state index contributed by atoms with van der Waals surface area (Å²) in [6, 6.07) is 13.5. The summed E-state index contributed by atoms with van der Waals surface area (Å²) < 4.78 is 7.68. The van der Waals surface area contributed by atoms with Crippen LogP contribution < -0.4 is 20.5 Å². The largest absolute Gasteiger partial charge is 0.506 e. The minimum Gasteiger partial charge on any atom is -0.506 e. The zero-order valence-corrected chi connectivity index (χ0v) is 22.8. The van der Waals surface area contributed by atoms with Gasteiger partial charge in [0.05, 0.1) is 31.0 Å². The van der Waals surface area contributed by atoms with Gasteiger partial charge in [-0.05, 0) is 63.8 Å². The number of pyridine rings is 2. The minimum atomic E-state index is -0.270. The highest BCUT2D eigenvalue weighted by Gasteiger charge is 2.29. The molecule has 1 fully saturated rings. The molecule has 1 atom stereocenters. The summed E-state index contributed by atoms with van der Waals surface area (Å²) in [7, 11) is 1.52. The highest BCUT2D eigenvalue weighted by Crippen LogP contribution is 2.36. The van der Waals surface area contributed by atoms with E-state index in [0.717, 1.165) is 48.3 Å². The lowest BCUT2D eigenvalue weighted by Gasteiger charge is -2.36. The number of hydrogen-bond donors (Lipinski definition) is 3. The van der Waals surface area contributed by atoms with Gasteiger partial charge in [-0.15, -0.1) is 0 Å². The fourth-order valence-corrected chi connectivity index (χ4v) is 5.88. The highest BCUT2D eigenvalue weighted by atomic mass is 16.5. The maximum absolute atomic E-state index is 13.6. The van der Waals surface area contributed by atoms with Gasteiger partial charge >= 0.3 is 0 Å². The maximum atomic E-state index is 13.6. The van der Waals surface area contributed by atoms with E-state index in [4.69, 9.17) is 4.74 Å². The van der Waals surface area contributed by atoms with Crippen molar-refractivity contribution < 1.29 is 14.6 Å². The van der Waals surface area contributed by atoms with Crippen LogP contribution in [-0.2, 0) is 6.54 Å². The van der Waals surface area contributed by atoms with Gasteiger partial charge in [-0.25, -0.2) is 4.98 Å². The van der Waals surface area contributed by atoms with Crippen molar-refractivity contribution in [3.05, 3.63) is 81.5 Å². The Bertz CT molecular complexity index is 1550. The molecule has 3 N–H and O–H groups in total. The number of nitrogens with zero attached hydrogens (tertiary/aromatic N) is 3. The molecule has 39 heavy (non-hydrogen) atoms. The molecule has 4 heterocycles. The van der Waals surface area contributed by atoms with Crippen molar-refractivity contribution in [1.29, 1.82) is 0 Å². The number of para-hydroxylation sites is 1. The van der Waals surface area contributed by atoms with E-state index < -0.39 is 0 Å². The number of ether oxygens (including phenoxy) is 1. The van der Waals surface area contributed by atoms with E-state index in [1.54, 1.807) is 19.1 Å². The molecule has 0 aliphatic carbocycles. The van der Waals surface area contributed by atoms with Gasteiger partial charge in [0.15, 0.2) is 0 Å². The number of methoxy groups -OCH3 is 1. The quantitative estimate of drug-likeness (QED) is 0.326. The lowest BCUT2D eigenvalue weighted by Crippen LogP contribution is -2.36. The van der Waals surface area contributed by atoms with Crippen molar-refractivity contribution in [2.75, 3.05) is 25.1 Å². The first-order valence-corrected chi connectivity index (χ1v) is 13.3. The summed E-state index contributed by atoms with van der Waals surface area (Å²) in [5, 5.41) is 13.4. The van der Waals surface area contributed by atoms with E-state index in [-0.39, 0.29) is 29.8 Å². The SMILES string of the molecule is COc1cc(C)[nH]c(=O)c1CNC(=O)c1c(C)n([C@H](C)C2CCN(c3ccc(O)cn3)CC2)c2ccccc12. The third-order valence-corrected chi connectivity index (χ3v) is 7.94. The van der Waals surface area contributed by atoms with Crippen molar-refractivity contribution in [3.8, 4) is 11.5 Å². The van der Waals surface area contributed by atoms with Crippen LogP contribution in [0.3, 0.4) is 0 Å². The van der Waals surface area contributed by atoms with Gasteiger partial charge in [0.25, 0.3) is 11.5 Å². The molecule has 0 unspecified atom stereocenters. The molecule has 9 heteroatoms. The lowest BCUT2D eigenvalue weighted by atomic mass is 9.90. The third kappa shape index (κ3) is 5.08. The average molecular weight is 530 g/mol. The second-order valence-electron chi connectivity index (χ2n) is 10.3. The second kappa shape index (κ2) is 10.8. The number of anilines is 1. The minimum absolute atomic E-state index is 0.0654. The number of aromatic amines is 1. The van der Waals surface area contributed by atoms with Crippen LogP contribution in [-0.4, -0.2) is 45.7 Å². The topological polar surface area (TPSA) is 112 Å². The Balaban J connectivity index is 1.37. The van der Waals surface area contributed by atoms with Crippen LogP contribution >= 0.6 is 0 Å². The predicted octanol–water partition coefficient (Wildman–Crippen LogP) is 4.46. The molecule has 9 nitrogen and oxygen atoms in total. The molecule has 4 aromatic rings. The van der Waals surface area contributed by atoms with Crippen molar-refractivity contribution >= 4 is 22.6 Å². The van der Waals surface area contributed by atoms with Crippen LogP contribution in [0, 0.1) is 19.8 Å². The second-order valence-corrected chi connectivity index (χ2v) is 10.3. The first-order valence-electron chi connectivity index (χ1n) is 13.3. The zero-order chi connectivity index (χ0) is 27.7. The van der Waals surface area contributed by atoms with Gasteiger partial charge in [0, 0.05) is 41.4 Å². The molecule has 1 amide bonds. The Labute approximate surface area is 227 Å². The number of carbonyl (C=O) groups is 1. The predicted molar refractivity (Wildman–Crippen MR) is 152 cm³/mol. The highest BCUT2D eigenvalue weighted by molar-refractivity contribution is 6.08. The van der Waals surface area contributed by atoms with Crippen LogP contribution in [0.4, 0.5) is 5.82 Å². The molecule has 1 aromatic carbocycles. The van der Waals surface area contributed by atoms with Crippen LogP contribution in [0.2, 0.25) is 0 Å². The first-order chi connectivity index (χ1) is 18.8. The number of carbonyl (C=O) groups excluding carboxylic acids is 1. The number of fused-ring (bicyclic) bond motifs is 1. The molecule has 3 aromatic heterocycles. The average Bonchev–Trinajstić information content (AvgIpc) is 3.23. The molecule has 1 aliphatic rings. The Morgan fingerprint density at radius 1 is 1.21 bits per heavy atom. The number of hydrogen-bond acceptors (Lipinski definition) is 6. The number of rotatable bonds is 7. The third-order valence-electron chi connectivity index (χ3n) is 7.94. The zero-order valence-electron chi connectivity index (χ0n) is 22.8. The van der Waals surface area contributed by atoms with Crippen molar-refractivity contribution in [2.24, 2.45) is 5.92 Å². The van der Waals surface area contributed by atoms with Crippen molar-refractivity contribution in [2.45, 2.75) is 46.2 Å². The van der Waals surface area contributed by atoms with Gasteiger partial charge < -0.3 is 29.6 Å². The van der Waals surface area contributed by atoms with Crippen LogP contribution in [0.15, 0.2) is 53.5 Å². The van der Waals surface area contributed by atoms with E-state index in [9.17, 15) is 14.7 Å². The summed E-state index contributed by atoms with van der Waals surface area (Å²) in [5.74, 6) is 1.72. The standard InChI is InChI=1S/C30H35N5O4/c1-18-15-26(39-4)24(29(37)33-18)17-32-30(38)28-20(3)35(25-8-6-5-7-23(25)28)19(2)21-11-13-34(14-12-21)27-10-9-22(36)16-31-27/h5-10,15-16,19,21,36H,11-14,17H2,1-4H3,(H,32,38)(H,33,37)/t19-/m1/s1. The summed E-state index contributed by atoms with van der Waals surface area (Å²) in [4.78, 5) is 35.5. The number of amides is 1. The molecule has 0 radical (unpaired) electrons. The lowest BCUT2D eigenvalue weighted by molar-refractivity contribution is 0.0951. The maximum Gasteiger partial charge on any atom is 0.256 e. The number of piperidine rings is 1. The number of H-pyrrole nitrogens is 1. The number of benzene rings is 1. The fourth-order valence-electron chi connectivity index (χ4n) is 5.88. The molecule has 1 saturated heterocycles. The van der Waals surface area contributed by atoms with Crippen molar-refractivity contribution in [1.82, 2.24) is 19.9 Å². The smallest absolute Gasteiger partial charge is 0.256 e. The summed E-state index contributed by atoms with van der Waals surface area (Å²) >= 11 is 0. The normalized spacial score (nSPS) is 14.9. The number of aromatic hydroxyl groups is 1. The summed E-state index contributed by atoms with van der Waals surface area (Å²) in [5.41, 5.74) is 3.39. The Morgan fingerprint density at radius 3 is 2.64 bits per heavy atom. The van der Waals surface area contributed by atoms with E-state index >= 15 is 0 Å². The molecule has 0 bridgehead atoms. The summed E-state index contributed by atoms with van der Waals surface area (Å²) in [6.07, 6.45) is 3.47. The molecular weight excluding hydrogens is 494 g/mol. The van der Waals surface area contributed by atoms with Gasteiger partial charge in [-0.1, -0.05) is 18.2 Å². The first kappa shape index (κ1) is 26.3. The molecule has 0 spiro atoms. The van der Waals surface area contributed by atoms with Crippen molar-refractivity contribution in [3.63, 3.8) is 0 Å². The fraction of sp³-hybridized carbons (Fsp3) is 0.367. The van der Waals surface area contributed by atoms with E-state index in [2.05, 4.69) is 37.7 Å². The molecule has 0 saturated carbocycles. The Kier molecular flexibility index (Phi) is 7.32. The molecule has 204 valence electrons. The van der Waals surface area contributed by atoms with E-state index in [0.29, 0.717) is 28.5 Å². The van der Waals surface area contributed by atoms with Crippen LogP contribution in [0.1, 0.15) is 53.1 Å². The van der Waals surface area contributed by atoms with Gasteiger partial charge in [-0.2, -0.15) is 0 Å². The molecular formula is C30H35N5O4. The van der Waals surface area contributed by atoms with Gasteiger partial charge in [0.1, 0.15) is 17.3 Å². The molecule has 5 rings (SSSR count). The number of aryl methyl sites for hydroxylation is 1. The van der Waals surface area contributed by atoms with E-state index in [1.807, 2.05) is 31.2 Å². The van der Waals surface area contributed by atoms with Gasteiger partial charge in [-0.3, -0.25) is 9.59 Å². The Hall–Kier alpha value is -4.27. The van der Waals surface area contributed by atoms with Gasteiger partial charge in [0.2, 0.25) is 0 Å².